The fraction of sp³-hybridized carbons (Fsp3) is 0.526. The molecule has 6 heteroatoms. The van der Waals surface area contributed by atoms with Crippen molar-refractivity contribution in [1.29, 1.82) is 0 Å². The number of nitrogens with one attached hydrogen (secondary N) is 2. The van der Waals surface area contributed by atoms with Crippen molar-refractivity contribution in [2.45, 2.75) is 46.5 Å². The molecule has 0 saturated heterocycles. The van der Waals surface area contributed by atoms with E-state index in [1.165, 1.54) is 0 Å². The van der Waals surface area contributed by atoms with Crippen LogP contribution in [0.15, 0.2) is 18.2 Å². The first-order valence-electron chi connectivity index (χ1n) is 8.73. The highest BCUT2D eigenvalue weighted by Crippen LogP contribution is 2.31. The van der Waals surface area contributed by atoms with Crippen molar-refractivity contribution >= 4 is 29.2 Å². The Morgan fingerprint density at radius 2 is 1.80 bits per heavy atom. The standard InChI is InChI=1S/C19H26N2O4/c1-11(2)17(22)20-15-8-7-12(3)16(10-15)21-18(23)13-5-4-6-14(9-13)19(24)25/h7-8,10-11,13-14H,4-6,9H2,1-3H3,(H,20,22)(H,21,23)(H,24,25). The van der Waals surface area contributed by atoms with Gasteiger partial charge in [-0.3, -0.25) is 14.4 Å². The first kappa shape index (κ1) is 19.0. The minimum absolute atomic E-state index is 0.0855. The van der Waals surface area contributed by atoms with Gasteiger partial charge in [0.2, 0.25) is 11.8 Å². The first-order chi connectivity index (χ1) is 11.8. The van der Waals surface area contributed by atoms with E-state index in [-0.39, 0.29) is 23.7 Å². The van der Waals surface area contributed by atoms with Gasteiger partial charge in [-0.2, -0.15) is 0 Å². The molecule has 1 saturated carbocycles. The van der Waals surface area contributed by atoms with Gasteiger partial charge in [0.05, 0.1) is 5.92 Å². The minimum atomic E-state index is -0.827. The van der Waals surface area contributed by atoms with Crippen molar-refractivity contribution in [3.8, 4) is 0 Å². The van der Waals surface area contributed by atoms with Crippen LogP contribution in [0.25, 0.3) is 0 Å². The van der Waals surface area contributed by atoms with Gasteiger partial charge in [-0.05, 0) is 43.9 Å². The SMILES string of the molecule is Cc1ccc(NC(=O)C(C)C)cc1NC(=O)C1CCCC(C(=O)O)C1. The molecule has 25 heavy (non-hydrogen) atoms. The summed E-state index contributed by atoms with van der Waals surface area (Å²) in [5.41, 5.74) is 2.16. The fourth-order valence-electron chi connectivity index (χ4n) is 3.01. The number of aliphatic carboxylic acids is 1. The van der Waals surface area contributed by atoms with E-state index in [0.717, 1.165) is 12.0 Å². The van der Waals surface area contributed by atoms with Crippen molar-refractivity contribution in [2.75, 3.05) is 10.6 Å². The van der Waals surface area contributed by atoms with Gasteiger partial charge in [0.15, 0.2) is 0 Å². The van der Waals surface area contributed by atoms with Crippen LogP contribution in [0.5, 0.6) is 0 Å². The molecular formula is C19H26N2O4. The number of carbonyl (C=O) groups is 3. The molecule has 1 fully saturated rings. The molecule has 0 aromatic heterocycles. The number of carboxylic acid groups (broad SMARTS) is 1. The number of hydrogen-bond donors (Lipinski definition) is 3. The Hall–Kier alpha value is -2.37. The number of anilines is 2. The zero-order valence-corrected chi connectivity index (χ0v) is 15.0. The zero-order chi connectivity index (χ0) is 18.6. The van der Waals surface area contributed by atoms with Gasteiger partial charge in [0.1, 0.15) is 0 Å². The molecule has 0 heterocycles. The zero-order valence-electron chi connectivity index (χ0n) is 15.0. The molecule has 1 aliphatic carbocycles. The van der Waals surface area contributed by atoms with E-state index in [0.29, 0.717) is 30.6 Å². The second-order valence-corrected chi connectivity index (χ2v) is 7.06. The van der Waals surface area contributed by atoms with Crippen LogP contribution in [0, 0.1) is 24.7 Å². The Kier molecular flexibility index (Phi) is 6.17. The molecule has 0 spiro atoms. The van der Waals surface area contributed by atoms with Crippen molar-refractivity contribution < 1.29 is 19.5 Å². The number of amides is 2. The van der Waals surface area contributed by atoms with Crippen LogP contribution < -0.4 is 10.6 Å². The number of aryl methyl sites for hydroxylation is 1. The van der Waals surface area contributed by atoms with Gasteiger partial charge in [0, 0.05) is 23.2 Å². The van der Waals surface area contributed by atoms with Gasteiger partial charge in [-0.15, -0.1) is 0 Å². The van der Waals surface area contributed by atoms with Crippen molar-refractivity contribution in [2.24, 2.45) is 17.8 Å². The molecule has 6 nitrogen and oxygen atoms in total. The van der Waals surface area contributed by atoms with Gasteiger partial charge in [-0.1, -0.05) is 26.3 Å². The third-order valence-electron chi connectivity index (χ3n) is 4.68. The summed E-state index contributed by atoms with van der Waals surface area (Å²) >= 11 is 0. The van der Waals surface area contributed by atoms with E-state index in [1.54, 1.807) is 12.1 Å². The highest BCUT2D eigenvalue weighted by molar-refractivity contribution is 5.96. The van der Waals surface area contributed by atoms with Crippen LogP contribution in [0.4, 0.5) is 11.4 Å². The summed E-state index contributed by atoms with van der Waals surface area (Å²) in [7, 11) is 0. The lowest BCUT2D eigenvalue weighted by molar-refractivity contribution is -0.143. The second-order valence-electron chi connectivity index (χ2n) is 7.06. The molecule has 0 radical (unpaired) electrons. The molecule has 2 rings (SSSR count). The Bertz CT molecular complexity index is 669. The Balaban J connectivity index is 2.07. The maximum Gasteiger partial charge on any atom is 0.306 e. The molecule has 1 aromatic rings. The summed E-state index contributed by atoms with van der Waals surface area (Å²) < 4.78 is 0. The monoisotopic (exact) mass is 346 g/mol. The van der Waals surface area contributed by atoms with Crippen LogP contribution in [0.1, 0.15) is 45.1 Å². The van der Waals surface area contributed by atoms with Gasteiger partial charge < -0.3 is 15.7 Å². The Morgan fingerprint density at radius 3 is 2.44 bits per heavy atom. The van der Waals surface area contributed by atoms with E-state index in [1.807, 2.05) is 26.8 Å². The van der Waals surface area contributed by atoms with E-state index in [9.17, 15) is 14.4 Å². The van der Waals surface area contributed by atoms with E-state index < -0.39 is 11.9 Å². The Labute approximate surface area is 148 Å². The summed E-state index contributed by atoms with van der Waals surface area (Å²) in [4.78, 5) is 35.5. The molecule has 136 valence electrons. The lowest BCUT2D eigenvalue weighted by Crippen LogP contribution is -2.31. The van der Waals surface area contributed by atoms with E-state index >= 15 is 0 Å². The quantitative estimate of drug-likeness (QED) is 0.761. The maximum absolute atomic E-state index is 12.5. The first-order valence-corrected chi connectivity index (χ1v) is 8.73. The van der Waals surface area contributed by atoms with Crippen molar-refractivity contribution in [1.82, 2.24) is 0 Å². The molecule has 2 atom stereocenters. The lowest BCUT2D eigenvalue weighted by atomic mass is 9.81. The number of carboxylic acids is 1. The number of carbonyl (C=O) groups excluding carboxylic acids is 2. The normalized spacial score (nSPS) is 20.2. The average Bonchev–Trinajstić information content (AvgIpc) is 2.57. The average molecular weight is 346 g/mol. The van der Waals surface area contributed by atoms with E-state index in [4.69, 9.17) is 5.11 Å². The van der Waals surface area contributed by atoms with Crippen molar-refractivity contribution in [3.05, 3.63) is 23.8 Å². The summed E-state index contributed by atoms with van der Waals surface area (Å²) in [6, 6.07) is 5.38. The largest absolute Gasteiger partial charge is 0.481 e. The van der Waals surface area contributed by atoms with Gasteiger partial charge in [0.25, 0.3) is 0 Å². The summed E-state index contributed by atoms with van der Waals surface area (Å²) in [5.74, 6) is -1.92. The van der Waals surface area contributed by atoms with Gasteiger partial charge in [-0.25, -0.2) is 0 Å². The van der Waals surface area contributed by atoms with Crippen LogP contribution >= 0.6 is 0 Å². The van der Waals surface area contributed by atoms with Crippen LogP contribution in [-0.4, -0.2) is 22.9 Å². The highest BCUT2D eigenvalue weighted by atomic mass is 16.4. The third-order valence-corrected chi connectivity index (χ3v) is 4.68. The molecule has 0 bridgehead atoms. The summed E-state index contributed by atoms with van der Waals surface area (Å²) in [6.07, 6.45) is 2.47. The number of rotatable bonds is 5. The molecule has 2 unspecified atom stereocenters. The van der Waals surface area contributed by atoms with E-state index in [2.05, 4.69) is 10.6 Å². The lowest BCUT2D eigenvalue weighted by Gasteiger charge is -2.26. The second kappa shape index (κ2) is 8.14. The number of benzene rings is 1. The molecule has 1 aromatic carbocycles. The molecule has 0 aliphatic heterocycles. The molecular weight excluding hydrogens is 320 g/mol. The van der Waals surface area contributed by atoms with Crippen molar-refractivity contribution in [3.63, 3.8) is 0 Å². The smallest absolute Gasteiger partial charge is 0.306 e. The van der Waals surface area contributed by atoms with Crippen LogP contribution in [0.2, 0.25) is 0 Å². The predicted molar refractivity (Wildman–Crippen MR) is 96.4 cm³/mol. The molecule has 2 amide bonds. The minimum Gasteiger partial charge on any atom is -0.481 e. The third kappa shape index (κ3) is 5.05. The predicted octanol–water partition coefficient (Wildman–Crippen LogP) is 3.42. The molecule has 3 N–H and O–H groups in total. The number of hydrogen-bond acceptors (Lipinski definition) is 3. The maximum atomic E-state index is 12.5. The summed E-state index contributed by atoms with van der Waals surface area (Å²) in [6.45, 7) is 5.51. The highest BCUT2D eigenvalue weighted by Gasteiger charge is 2.31. The van der Waals surface area contributed by atoms with Gasteiger partial charge >= 0.3 is 5.97 Å². The van der Waals surface area contributed by atoms with Crippen LogP contribution in [0.3, 0.4) is 0 Å². The topological polar surface area (TPSA) is 95.5 Å². The fourth-order valence-corrected chi connectivity index (χ4v) is 3.01. The Morgan fingerprint density at radius 1 is 1.12 bits per heavy atom. The molecule has 1 aliphatic rings. The van der Waals surface area contributed by atoms with Crippen LogP contribution in [-0.2, 0) is 14.4 Å². The summed E-state index contributed by atoms with van der Waals surface area (Å²) in [5, 5.41) is 14.9.